The number of nitrogens with zero attached hydrogens (tertiary/aromatic N) is 2. The molecule has 0 saturated carbocycles. The minimum atomic E-state index is -3.08. The van der Waals surface area contributed by atoms with Crippen LogP contribution in [0.3, 0.4) is 0 Å². The van der Waals surface area contributed by atoms with Gasteiger partial charge in [0.1, 0.15) is 0 Å². The number of alkyl halides is 2. The third kappa shape index (κ3) is 5.20. The van der Waals surface area contributed by atoms with E-state index < -0.39 is 17.3 Å². The fourth-order valence-electron chi connectivity index (χ4n) is 1.65. The molecule has 114 valence electrons. The summed E-state index contributed by atoms with van der Waals surface area (Å²) in [6.45, 7) is 4.98. The molecule has 20 heavy (non-hydrogen) atoms. The summed E-state index contributed by atoms with van der Waals surface area (Å²) in [7, 11) is 0. The van der Waals surface area contributed by atoms with E-state index in [1.165, 1.54) is 0 Å². The van der Waals surface area contributed by atoms with Crippen molar-refractivity contribution < 1.29 is 13.2 Å². The number of aromatic nitrogens is 1. The molecule has 0 unspecified atom stereocenters. The molecule has 0 aliphatic rings. The second-order valence-electron chi connectivity index (χ2n) is 4.48. The molecule has 0 atom stereocenters. The van der Waals surface area contributed by atoms with E-state index in [0.29, 0.717) is 6.54 Å². The van der Waals surface area contributed by atoms with Crippen LogP contribution in [-0.2, 0) is 5.92 Å². The van der Waals surface area contributed by atoms with Crippen molar-refractivity contribution in [3.8, 4) is 0 Å². The lowest BCUT2D eigenvalue weighted by Crippen LogP contribution is -2.24. The van der Waals surface area contributed by atoms with E-state index >= 15 is 0 Å². The van der Waals surface area contributed by atoms with Crippen molar-refractivity contribution in [3.63, 3.8) is 0 Å². The summed E-state index contributed by atoms with van der Waals surface area (Å²) in [6.07, 6.45) is 4.02. The normalized spacial score (nSPS) is 11.9. The Kier molecular flexibility index (Phi) is 6.61. The van der Waals surface area contributed by atoms with E-state index in [1.54, 1.807) is 11.9 Å². The second kappa shape index (κ2) is 7.73. The summed E-state index contributed by atoms with van der Waals surface area (Å²) < 4.78 is 41.8. The molecule has 7 heteroatoms. The van der Waals surface area contributed by atoms with Gasteiger partial charge in [0.15, 0.2) is 11.6 Å². The summed E-state index contributed by atoms with van der Waals surface area (Å²) in [6, 6.07) is 0.827. The molecule has 0 bridgehead atoms. The third-order valence-corrected chi connectivity index (χ3v) is 3.61. The smallest absolute Gasteiger partial charge is 0.272 e. The van der Waals surface area contributed by atoms with E-state index in [2.05, 4.69) is 21.5 Å². The number of anilines is 1. The summed E-state index contributed by atoms with van der Waals surface area (Å²) >= 11 is 1.62. The Balaban J connectivity index is 2.57. The van der Waals surface area contributed by atoms with Crippen molar-refractivity contribution in [1.82, 2.24) is 9.29 Å². The fourth-order valence-corrected chi connectivity index (χ4v) is 2.29. The van der Waals surface area contributed by atoms with E-state index in [-0.39, 0.29) is 5.82 Å². The molecule has 0 radical (unpaired) electrons. The van der Waals surface area contributed by atoms with Crippen molar-refractivity contribution in [1.29, 1.82) is 0 Å². The average molecular weight is 307 g/mol. The van der Waals surface area contributed by atoms with Gasteiger partial charge in [-0.25, -0.2) is 22.5 Å². The monoisotopic (exact) mass is 307 g/mol. The molecule has 0 aliphatic heterocycles. The average Bonchev–Trinajstić information content (AvgIpc) is 2.38. The number of halogens is 3. The number of pyridine rings is 1. The van der Waals surface area contributed by atoms with E-state index in [4.69, 9.17) is 0 Å². The predicted octanol–water partition coefficient (Wildman–Crippen LogP) is 3.73. The molecular weight excluding hydrogens is 287 g/mol. The number of hydrogen-bond acceptors (Lipinski definition) is 4. The maximum absolute atomic E-state index is 13.7. The highest BCUT2D eigenvalue weighted by Crippen LogP contribution is 2.27. The highest BCUT2D eigenvalue weighted by Gasteiger charge is 2.25. The van der Waals surface area contributed by atoms with Crippen LogP contribution in [0.4, 0.5) is 19.0 Å². The lowest BCUT2D eigenvalue weighted by atomic mass is 10.2. The lowest BCUT2D eigenvalue weighted by molar-refractivity contribution is 0.0168. The van der Waals surface area contributed by atoms with Crippen LogP contribution in [0.2, 0.25) is 0 Å². The van der Waals surface area contributed by atoms with Gasteiger partial charge in [-0.2, -0.15) is 0 Å². The molecule has 1 aromatic rings. The summed E-state index contributed by atoms with van der Waals surface area (Å²) in [5.74, 6) is -3.82. The fraction of sp³-hybridized carbons (Fsp3) is 0.615. The minimum Gasteiger partial charge on any atom is -0.366 e. The number of hydrogen-bond donors (Lipinski definition) is 1. The van der Waals surface area contributed by atoms with Crippen molar-refractivity contribution in [2.75, 3.05) is 31.2 Å². The Morgan fingerprint density at radius 2 is 2.10 bits per heavy atom. The van der Waals surface area contributed by atoms with Crippen LogP contribution in [0, 0.1) is 5.82 Å². The van der Waals surface area contributed by atoms with Crippen molar-refractivity contribution in [2.45, 2.75) is 26.2 Å². The first-order chi connectivity index (χ1) is 9.38. The molecule has 0 amide bonds. The van der Waals surface area contributed by atoms with Gasteiger partial charge in [0.25, 0.3) is 5.92 Å². The van der Waals surface area contributed by atoms with Crippen LogP contribution in [-0.4, -0.2) is 35.2 Å². The topological polar surface area (TPSA) is 28.2 Å². The van der Waals surface area contributed by atoms with Gasteiger partial charge in [0.2, 0.25) is 0 Å². The van der Waals surface area contributed by atoms with Gasteiger partial charge < -0.3 is 5.32 Å². The Bertz CT molecular complexity index is 424. The molecule has 1 N–H and O–H groups in total. The van der Waals surface area contributed by atoms with Crippen molar-refractivity contribution in [3.05, 3.63) is 23.6 Å². The SMILES string of the molecule is CCCN(CCNc1ncc(C(C)(F)F)cc1F)SC. The van der Waals surface area contributed by atoms with Crippen LogP contribution in [0.1, 0.15) is 25.8 Å². The number of nitrogens with one attached hydrogen (secondary N) is 1. The zero-order chi connectivity index (χ0) is 15.2. The largest absolute Gasteiger partial charge is 0.366 e. The van der Waals surface area contributed by atoms with Crippen LogP contribution in [0.25, 0.3) is 0 Å². The molecule has 1 aromatic heterocycles. The summed E-state index contributed by atoms with van der Waals surface area (Å²) in [4.78, 5) is 3.72. The van der Waals surface area contributed by atoms with Gasteiger partial charge in [-0.1, -0.05) is 18.9 Å². The van der Waals surface area contributed by atoms with Crippen molar-refractivity contribution in [2.24, 2.45) is 0 Å². The quantitative estimate of drug-likeness (QED) is 0.741. The molecule has 0 aliphatic carbocycles. The highest BCUT2D eigenvalue weighted by atomic mass is 32.2. The van der Waals surface area contributed by atoms with Crippen LogP contribution < -0.4 is 5.32 Å². The Labute approximate surface area is 122 Å². The lowest BCUT2D eigenvalue weighted by Gasteiger charge is -2.18. The Morgan fingerprint density at radius 3 is 2.60 bits per heavy atom. The van der Waals surface area contributed by atoms with Gasteiger partial charge in [-0.05, 0) is 18.7 Å². The molecule has 0 aromatic carbocycles. The van der Waals surface area contributed by atoms with Crippen molar-refractivity contribution >= 4 is 17.8 Å². The Morgan fingerprint density at radius 1 is 1.40 bits per heavy atom. The van der Waals surface area contributed by atoms with E-state index in [9.17, 15) is 13.2 Å². The van der Waals surface area contributed by atoms with E-state index in [0.717, 1.165) is 38.7 Å². The van der Waals surface area contributed by atoms with Crippen LogP contribution in [0.15, 0.2) is 12.3 Å². The first kappa shape index (κ1) is 17.1. The summed E-state index contributed by atoms with van der Waals surface area (Å²) in [5, 5.41) is 2.83. The van der Waals surface area contributed by atoms with Crippen LogP contribution in [0.5, 0.6) is 0 Å². The molecule has 1 heterocycles. The molecule has 3 nitrogen and oxygen atoms in total. The standard InChI is InChI=1S/C13H20F3N3S/c1-4-6-19(20-3)7-5-17-12-11(14)8-10(9-18-12)13(2,15)16/h8-9H,4-7H2,1-3H3,(H,17,18). The second-order valence-corrected chi connectivity index (χ2v) is 5.36. The first-order valence-electron chi connectivity index (χ1n) is 6.45. The van der Waals surface area contributed by atoms with Gasteiger partial charge >= 0.3 is 0 Å². The van der Waals surface area contributed by atoms with E-state index in [1.807, 2.05) is 6.26 Å². The molecule has 0 spiro atoms. The molecule has 1 rings (SSSR count). The first-order valence-corrected chi connectivity index (χ1v) is 7.63. The number of rotatable bonds is 8. The maximum atomic E-state index is 13.7. The Hall–Kier alpha value is -0.950. The third-order valence-electron chi connectivity index (χ3n) is 2.73. The van der Waals surface area contributed by atoms with Crippen LogP contribution >= 0.6 is 11.9 Å². The molecule has 0 fully saturated rings. The van der Waals surface area contributed by atoms with Gasteiger partial charge in [0, 0.05) is 38.3 Å². The summed E-state index contributed by atoms with van der Waals surface area (Å²) in [5.41, 5.74) is -0.419. The minimum absolute atomic E-state index is 0.00977. The predicted molar refractivity (Wildman–Crippen MR) is 77.6 cm³/mol. The molecular formula is C13H20F3N3S. The van der Waals surface area contributed by atoms with Gasteiger partial charge in [-0.3, -0.25) is 0 Å². The van der Waals surface area contributed by atoms with Gasteiger partial charge in [-0.15, -0.1) is 0 Å². The maximum Gasteiger partial charge on any atom is 0.272 e. The van der Waals surface area contributed by atoms with Gasteiger partial charge in [0.05, 0.1) is 0 Å². The zero-order valence-electron chi connectivity index (χ0n) is 11.9. The highest BCUT2D eigenvalue weighted by molar-refractivity contribution is 7.96. The molecule has 0 saturated heterocycles. The zero-order valence-corrected chi connectivity index (χ0v) is 12.7.